The highest BCUT2D eigenvalue weighted by Crippen LogP contribution is 2.40. The molecule has 14 nitrogen and oxygen atoms in total. The van der Waals surface area contributed by atoms with Crippen molar-refractivity contribution >= 4 is 62.3 Å². The molecule has 103 heavy (non-hydrogen) atoms. The van der Waals surface area contributed by atoms with Crippen LogP contribution in [-0.2, 0) is 67.4 Å². The number of anilines is 5. The Morgan fingerprint density at radius 1 is 0.553 bits per heavy atom. The fraction of sp³-hybridized carbons (Fsp3) is 0.483. The van der Waals surface area contributed by atoms with Crippen LogP contribution in [0.15, 0.2) is 145 Å². The second-order valence-electron chi connectivity index (χ2n) is 34.4. The van der Waals surface area contributed by atoms with Crippen molar-refractivity contribution in [3.8, 4) is 5.75 Å². The smallest absolute Gasteiger partial charge is 0.266 e. The molecule has 0 aliphatic carbocycles. The molecule has 0 unspecified atom stereocenters. The van der Waals surface area contributed by atoms with Gasteiger partial charge in [0.2, 0.25) is 5.91 Å². The lowest BCUT2D eigenvalue weighted by atomic mass is 9.81. The van der Waals surface area contributed by atoms with E-state index in [1.807, 2.05) is 74.9 Å². The van der Waals surface area contributed by atoms with E-state index in [1.165, 1.54) is 101 Å². The summed E-state index contributed by atoms with van der Waals surface area (Å²) in [4.78, 5) is 53.3. The van der Waals surface area contributed by atoms with Gasteiger partial charge in [0, 0.05) is 106 Å². The quantitative estimate of drug-likeness (QED) is 0.131. The van der Waals surface area contributed by atoms with Crippen LogP contribution in [0.3, 0.4) is 0 Å². The van der Waals surface area contributed by atoms with E-state index in [2.05, 4.69) is 284 Å². The summed E-state index contributed by atoms with van der Waals surface area (Å²) in [7, 11) is 8.36. The summed E-state index contributed by atoms with van der Waals surface area (Å²) in [6, 6.07) is 39.5. The molecule has 3 aliphatic heterocycles. The number of carbonyl (C=O) groups is 2. The number of nitrogens with zero attached hydrogens (tertiary/aromatic N) is 6. The third-order valence-electron chi connectivity index (χ3n) is 17.9. The number of fused-ring (bicyclic) bond motifs is 5. The van der Waals surface area contributed by atoms with Crippen LogP contribution in [0.2, 0.25) is 0 Å². The van der Waals surface area contributed by atoms with Crippen molar-refractivity contribution in [2.75, 3.05) is 66.6 Å². The van der Waals surface area contributed by atoms with Gasteiger partial charge in [-0.15, -0.1) is 0 Å². The van der Waals surface area contributed by atoms with Crippen LogP contribution < -0.4 is 36.0 Å². The molecule has 0 radical (unpaired) electrons. The van der Waals surface area contributed by atoms with Gasteiger partial charge in [-0.05, 0) is 153 Å². The Hall–Kier alpha value is -8.78. The molecule has 9 aromatic rings. The van der Waals surface area contributed by atoms with E-state index in [9.17, 15) is 14.4 Å². The first-order valence-corrected chi connectivity index (χ1v) is 36.0. The van der Waals surface area contributed by atoms with Gasteiger partial charge in [0.05, 0.1) is 34.3 Å². The molecule has 0 saturated carbocycles. The van der Waals surface area contributed by atoms with Crippen LogP contribution in [0, 0.1) is 6.92 Å². The number of H-pyrrole nitrogens is 1. The Morgan fingerprint density at radius 2 is 1.06 bits per heavy atom. The van der Waals surface area contributed by atoms with Gasteiger partial charge in [0.1, 0.15) is 11.6 Å². The predicted octanol–water partition coefficient (Wildman–Crippen LogP) is 21.1. The minimum atomic E-state index is -0.159. The fourth-order valence-electron chi connectivity index (χ4n) is 13.0. The minimum Gasteiger partial charge on any atom is -0.481 e. The zero-order valence-electron chi connectivity index (χ0n) is 66.5. The van der Waals surface area contributed by atoms with Crippen LogP contribution in [0.25, 0.3) is 21.9 Å². The first-order valence-electron chi connectivity index (χ1n) is 36.0. The number of para-hydroxylation sites is 2. The molecular weight excluding hydrogens is 1270 g/mol. The summed E-state index contributed by atoms with van der Waals surface area (Å²) in [6.07, 6.45) is 12.1. The molecule has 7 heterocycles. The first-order chi connectivity index (χ1) is 46.8. The largest absolute Gasteiger partial charge is 0.481 e. The monoisotopic (exact) mass is 1400 g/mol. The number of aromatic nitrogens is 5. The number of hydrogen-bond acceptors (Lipinski definition) is 10. The molecule has 0 spiro atoms. The number of rotatable bonds is 2. The van der Waals surface area contributed by atoms with E-state index in [0.29, 0.717) is 0 Å². The van der Waals surface area contributed by atoms with Crippen LogP contribution in [0.4, 0.5) is 28.6 Å². The minimum absolute atomic E-state index is 0. The first kappa shape index (κ1) is 86.6. The normalized spacial score (nSPS) is 13.3. The Kier molecular flexibility index (Phi) is 29.9. The average Bonchev–Trinajstić information content (AvgIpc) is 1.67. The highest BCUT2D eigenvalue weighted by atomic mass is 16.5. The predicted molar refractivity (Wildman–Crippen MR) is 443 cm³/mol. The van der Waals surface area contributed by atoms with E-state index in [-0.39, 0.29) is 76.7 Å². The van der Waals surface area contributed by atoms with Gasteiger partial charge in [-0.1, -0.05) is 227 Å². The highest BCUT2D eigenvalue weighted by Gasteiger charge is 2.28. The Labute approximate surface area is 621 Å². The average molecular weight is 1400 g/mol. The van der Waals surface area contributed by atoms with Crippen molar-refractivity contribution in [3.63, 3.8) is 0 Å². The lowest BCUT2D eigenvalue weighted by molar-refractivity contribution is -0.118. The van der Waals surface area contributed by atoms with Crippen LogP contribution >= 0.6 is 0 Å². The third-order valence-corrected chi connectivity index (χ3v) is 17.9. The Balaban J connectivity index is 0.000000254. The van der Waals surface area contributed by atoms with Gasteiger partial charge < -0.3 is 40.0 Å². The van der Waals surface area contributed by atoms with E-state index >= 15 is 0 Å². The summed E-state index contributed by atoms with van der Waals surface area (Å²) in [5.41, 5.74) is 21.5. The van der Waals surface area contributed by atoms with Crippen molar-refractivity contribution in [2.45, 2.75) is 238 Å². The molecule has 12 rings (SSSR count). The molecule has 560 valence electrons. The molecular formula is C89H130N10O4. The molecule has 0 saturated heterocycles. The molecule has 5 aromatic carbocycles. The second-order valence-corrected chi connectivity index (χ2v) is 34.4. The third kappa shape index (κ3) is 23.9. The van der Waals surface area contributed by atoms with Crippen LogP contribution in [0.5, 0.6) is 5.75 Å². The van der Waals surface area contributed by atoms with Crippen molar-refractivity contribution < 1.29 is 14.3 Å². The van der Waals surface area contributed by atoms with Crippen molar-refractivity contribution in [1.82, 2.24) is 24.5 Å². The maximum absolute atomic E-state index is 11.2. The lowest BCUT2D eigenvalue weighted by Crippen LogP contribution is -2.27. The maximum Gasteiger partial charge on any atom is 0.266 e. The molecule has 3 aliphatic rings. The van der Waals surface area contributed by atoms with Gasteiger partial charge in [-0.2, -0.15) is 0 Å². The fourth-order valence-corrected chi connectivity index (χ4v) is 13.0. The van der Waals surface area contributed by atoms with Gasteiger partial charge >= 0.3 is 0 Å². The molecule has 4 N–H and O–H groups in total. The van der Waals surface area contributed by atoms with E-state index < -0.39 is 0 Å². The zero-order chi connectivity index (χ0) is 75.4. The number of pyridine rings is 2. The SMILES string of the molecule is C.C.CC(=O)Nc1cccnc1C(C)(C)C.CC(C)(C)c1cccc2[nH]c(=O)cnc12.CC(C)(C)c1cccc2c1CCCN2.CC(C)(C)c1cccc2c1OCC(=O)N2.CN(C)c1ncccc1C(C)(C)C.CN1CCCc2c1cccc2C(C)(C)C.Cc1cn(C)c2cccc(C(C)(C)C)c12. The number of benzene rings is 5. The van der Waals surface area contributed by atoms with Gasteiger partial charge in [-0.25, -0.2) is 9.97 Å². The number of hydrogen-bond donors (Lipinski definition) is 4. The van der Waals surface area contributed by atoms with Crippen LogP contribution in [-0.4, -0.2) is 77.2 Å². The van der Waals surface area contributed by atoms with Gasteiger partial charge in [0.15, 0.2) is 6.61 Å². The molecule has 14 heteroatoms. The van der Waals surface area contributed by atoms with E-state index in [1.54, 1.807) is 11.8 Å². The number of aryl methyl sites for hydroxylation is 2. The van der Waals surface area contributed by atoms with E-state index in [4.69, 9.17) is 4.74 Å². The summed E-state index contributed by atoms with van der Waals surface area (Å²) >= 11 is 0. The lowest BCUT2D eigenvalue weighted by Gasteiger charge is -2.32. The summed E-state index contributed by atoms with van der Waals surface area (Å²) < 4.78 is 7.69. The number of aromatic amines is 1. The summed E-state index contributed by atoms with van der Waals surface area (Å²) in [5, 5.41) is 10.5. The topological polar surface area (TPSA) is 162 Å². The second kappa shape index (κ2) is 35.6. The number of carbonyl (C=O) groups excluding carboxylic acids is 2. The molecule has 0 fully saturated rings. The number of ether oxygens (including phenoxy) is 1. The highest BCUT2D eigenvalue weighted by molar-refractivity contribution is 5.96. The maximum atomic E-state index is 11.2. The Morgan fingerprint density at radius 3 is 1.63 bits per heavy atom. The molecule has 0 bridgehead atoms. The van der Waals surface area contributed by atoms with E-state index in [0.717, 1.165) is 57.3 Å². The molecule has 4 aromatic heterocycles. The van der Waals surface area contributed by atoms with Crippen molar-refractivity contribution in [3.05, 3.63) is 206 Å². The standard InChI is InChI=1S/C14H19N.C14H21N.C13H19N.C12H14N2O.C12H15NO2.C11H16N2O.C11H18N2.2CH4/c1-10-9-15(5)12-8-6-7-11(13(10)12)14(2,3)4;1-14(2,3)12-8-5-9-13-11(12)7-6-10-15(13)4;1-13(2,3)11-7-4-8-12-10(11)6-5-9-14-12;1-12(2,3)8-5-4-6-9-11(8)13-7-10(15)14-9;1-12(2,3)8-5-4-6-9-11(8)15-7-10(14)13-9;1-8(14)13-9-6-5-7-12-10(9)11(2,3)4;1-11(2,3)9-7-6-8-12-10(9)13(4)5;;/h6-9H,1-5H3;5,8-9H,6-7,10H2,1-4H3;4,7-8,14H,5-6,9H2,1-3H3;4-7H,1-3H3,(H,14,15);4-6H,7H2,1-3H3,(H,13,14);5-7H,1-4H3,(H,13,14);6-8H,1-5H3;2*1H4. The van der Waals surface area contributed by atoms with Gasteiger partial charge in [-0.3, -0.25) is 19.4 Å². The summed E-state index contributed by atoms with van der Waals surface area (Å²) in [6.45, 7) is 52.3. The van der Waals surface area contributed by atoms with Crippen molar-refractivity contribution in [1.29, 1.82) is 0 Å². The van der Waals surface area contributed by atoms with Crippen LogP contribution in [0.1, 0.15) is 236 Å². The zero-order valence-corrected chi connectivity index (χ0v) is 66.5. The molecule has 0 atom stereocenters. The van der Waals surface area contributed by atoms with Crippen molar-refractivity contribution in [2.24, 2.45) is 7.05 Å². The Bertz CT molecular complexity index is 4320. The number of amides is 2. The molecule has 2 amide bonds. The summed E-state index contributed by atoms with van der Waals surface area (Å²) in [5.74, 6) is 1.72. The van der Waals surface area contributed by atoms with Gasteiger partial charge in [0.25, 0.3) is 11.5 Å². The number of nitrogens with one attached hydrogen (secondary N) is 4.